The number of anilines is 1. The summed E-state index contributed by atoms with van der Waals surface area (Å²) >= 11 is 0. The molecule has 0 fully saturated rings. The van der Waals surface area contributed by atoms with Gasteiger partial charge < -0.3 is 15.1 Å². The van der Waals surface area contributed by atoms with E-state index in [2.05, 4.69) is 24.5 Å². The van der Waals surface area contributed by atoms with Crippen LogP contribution in [0.1, 0.15) is 30.0 Å². The number of para-hydroxylation sites is 2. The summed E-state index contributed by atoms with van der Waals surface area (Å²) < 4.78 is 5.61. The Balaban J connectivity index is 1.79. The third-order valence-electron chi connectivity index (χ3n) is 3.62. The number of carbonyl (C=O) groups is 1. The quantitative estimate of drug-likeness (QED) is 0.743. The summed E-state index contributed by atoms with van der Waals surface area (Å²) in [6.07, 6.45) is 0. The van der Waals surface area contributed by atoms with E-state index >= 15 is 0 Å². The van der Waals surface area contributed by atoms with E-state index in [9.17, 15) is 4.79 Å². The van der Waals surface area contributed by atoms with E-state index in [1.165, 1.54) is 0 Å². The number of benzene rings is 2. The lowest BCUT2D eigenvalue weighted by atomic mass is 10.1. The first-order valence-corrected chi connectivity index (χ1v) is 7.74. The van der Waals surface area contributed by atoms with Gasteiger partial charge in [0.05, 0.1) is 0 Å². The van der Waals surface area contributed by atoms with Gasteiger partial charge in [-0.1, -0.05) is 50.2 Å². The molecule has 3 aromatic rings. The number of furan rings is 1. The fraction of sp³-hybridized carbons (Fsp3) is 0.211. The lowest BCUT2D eigenvalue weighted by molar-refractivity contribution is 0.0998. The topological polar surface area (TPSA) is 54.3 Å². The second-order valence-corrected chi connectivity index (χ2v) is 5.80. The van der Waals surface area contributed by atoms with Crippen LogP contribution in [0.25, 0.3) is 11.0 Å². The molecule has 0 saturated carbocycles. The number of fused-ring (bicyclic) bond motifs is 1. The first kappa shape index (κ1) is 15.3. The Kier molecular flexibility index (Phi) is 4.44. The average Bonchev–Trinajstić information content (AvgIpc) is 2.98. The molecule has 0 spiro atoms. The molecular weight excluding hydrogens is 288 g/mol. The molecule has 2 aromatic carbocycles. The maximum atomic E-state index is 12.4. The van der Waals surface area contributed by atoms with Crippen molar-refractivity contribution in [2.75, 3.05) is 5.32 Å². The van der Waals surface area contributed by atoms with Gasteiger partial charge in [0.15, 0.2) is 5.76 Å². The first-order chi connectivity index (χ1) is 11.1. The van der Waals surface area contributed by atoms with Gasteiger partial charge >= 0.3 is 0 Å². The summed E-state index contributed by atoms with van der Waals surface area (Å²) in [4.78, 5) is 12.4. The van der Waals surface area contributed by atoms with Gasteiger partial charge in [0.1, 0.15) is 5.58 Å². The second-order valence-electron chi connectivity index (χ2n) is 5.80. The van der Waals surface area contributed by atoms with Crippen molar-refractivity contribution in [3.05, 3.63) is 65.9 Å². The minimum absolute atomic E-state index is 0.238. The van der Waals surface area contributed by atoms with Gasteiger partial charge in [-0.05, 0) is 23.8 Å². The van der Waals surface area contributed by atoms with Gasteiger partial charge in [0.2, 0.25) is 0 Å². The molecule has 0 unspecified atom stereocenters. The van der Waals surface area contributed by atoms with Crippen LogP contribution in [0, 0.1) is 0 Å². The van der Waals surface area contributed by atoms with Crippen molar-refractivity contribution in [1.29, 1.82) is 0 Å². The van der Waals surface area contributed by atoms with Crippen LogP contribution in [0.15, 0.2) is 59.0 Å². The van der Waals surface area contributed by atoms with Crippen LogP contribution in [-0.2, 0) is 6.54 Å². The van der Waals surface area contributed by atoms with Crippen LogP contribution < -0.4 is 10.6 Å². The summed E-state index contributed by atoms with van der Waals surface area (Å²) in [7, 11) is 0. The van der Waals surface area contributed by atoms with Crippen molar-refractivity contribution >= 4 is 22.6 Å². The molecule has 4 nitrogen and oxygen atoms in total. The molecule has 1 aromatic heterocycles. The SMILES string of the molecule is CC(C)NCc1ccccc1NC(=O)c1cc2ccccc2o1. The summed E-state index contributed by atoms with van der Waals surface area (Å²) in [6.45, 7) is 4.89. The molecule has 118 valence electrons. The Morgan fingerprint density at radius 1 is 1.09 bits per heavy atom. The lowest BCUT2D eigenvalue weighted by Crippen LogP contribution is -2.23. The zero-order valence-electron chi connectivity index (χ0n) is 13.3. The van der Waals surface area contributed by atoms with Crippen LogP contribution in [0.4, 0.5) is 5.69 Å². The zero-order valence-corrected chi connectivity index (χ0v) is 13.3. The minimum atomic E-state index is -0.238. The predicted octanol–water partition coefficient (Wildman–Crippen LogP) is 4.18. The van der Waals surface area contributed by atoms with Crippen molar-refractivity contribution in [3.63, 3.8) is 0 Å². The maximum Gasteiger partial charge on any atom is 0.291 e. The number of carbonyl (C=O) groups excluding carboxylic acids is 1. The number of amides is 1. The Morgan fingerprint density at radius 3 is 2.61 bits per heavy atom. The van der Waals surface area contributed by atoms with Crippen LogP contribution in [0.3, 0.4) is 0 Å². The van der Waals surface area contributed by atoms with Gasteiger partial charge in [-0.15, -0.1) is 0 Å². The summed E-state index contributed by atoms with van der Waals surface area (Å²) in [5.74, 6) is 0.0796. The Bertz CT molecular complexity index is 788. The van der Waals surface area contributed by atoms with Crippen molar-refractivity contribution < 1.29 is 9.21 Å². The Hall–Kier alpha value is -2.59. The molecule has 2 N–H and O–H groups in total. The number of nitrogens with one attached hydrogen (secondary N) is 2. The number of hydrogen-bond donors (Lipinski definition) is 2. The highest BCUT2D eigenvalue weighted by molar-refractivity contribution is 6.04. The van der Waals surface area contributed by atoms with Crippen LogP contribution in [0.5, 0.6) is 0 Å². The fourth-order valence-corrected chi connectivity index (χ4v) is 2.39. The second kappa shape index (κ2) is 6.67. The highest BCUT2D eigenvalue weighted by Gasteiger charge is 2.13. The molecule has 0 bridgehead atoms. The van der Waals surface area contributed by atoms with Gasteiger partial charge in [0, 0.05) is 23.7 Å². The van der Waals surface area contributed by atoms with Crippen molar-refractivity contribution in [2.24, 2.45) is 0 Å². The van der Waals surface area contributed by atoms with E-state index in [4.69, 9.17) is 4.42 Å². The smallest absolute Gasteiger partial charge is 0.291 e. The van der Waals surface area contributed by atoms with E-state index < -0.39 is 0 Å². The van der Waals surface area contributed by atoms with Crippen molar-refractivity contribution in [2.45, 2.75) is 26.4 Å². The van der Waals surface area contributed by atoms with E-state index in [-0.39, 0.29) is 5.91 Å². The van der Waals surface area contributed by atoms with Crippen LogP contribution >= 0.6 is 0 Å². The molecule has 0 aliphatic rings. The largest absolute Gasteiger partial charge is 0.451 e. The molecule has 3 rings (SSSR count). The molecule has 0 saturated heterocycles. The van der Waals surface area contributed by atoms with Crippen molar-refractivity contribution in [1.82, 2.24) is 5.32 Å². The average molecular weight is 308 g/mol. The third-order valence-corrected chi connectivity index (χ3v) is 3.62. The Morgan fingerprint density at radius 2 is 1.83 bits per heavy atom. The third kappa shape index (κ3) is 3.60. The minimum Gasteiger partial charge on any atom is -0.451 e. The maximum absolute atomic E-state index is 12.4. The van der Waals surface area contributed by atoms with Crippen molar-refractivity contribution in [3.8, 4) is 0 Å². The van der Waals surface area contributed by atoms with Gasteiger partial charge in [-0.3, -0.25) is 4.79 Å². The number of hydrogen-bond acceptors (Lipinski definition) is 3. The molecule has 1 amide bonds. The van der Waals surface area contributed by atoms with Crippen LogP contribution in [0.2, 0.25) is 0 Å². The first-order valence-electron chi connectivity index (χ1n) is 7.74. The monoisotopic (exact) mass is 308 g/mol. The molecule has 23 heavy (non-hydrogen) atoms. The number of rotatable bonds is 5. The van der Waals surface area contributed by atoms with Crippen LogP contribution in [-0.4, -0.2) is 11.9 Å². The molecule has 0 aliphatic carbocycles. The van der Waals surface area contributed by atoms with Gasteiger partial charge in [-0.2, -0.15) is 0 Å². The lowest BCUT2D eigenvalue weighted by Gasteiger charge is -2.13. The zero-order chi connectivity index (χ0) is 16.2. The summed E-state index contributed by atoms with van der Waals surface area (Å²) in [5.41, 5.74) is 2.56. The standard InChI is InChI=1S/C19H20N2O2/c1-13(2)20-12-15-8-3-5-9-16(15)21-19(22)18-11-14-7-4-6-10-17(14)23-18/h3-11,13,20H,12H2,1-2H3,(H,21,22). The normalized spacial score (nSPS) is 11.1. The molecule has 0 atom stereocenters. The van der Waals surface area contributed by atoms with E-state index in [1.807, 2.05) is 48.5 Å². The molecule has 4 heteroatoms. The molecular formula is C19H20N2O2. The van der Waals surface area contributed by atoms with E-state index in [0.717, 1.165) is 16.6 Å². The molecule has 0 radical (unpaired) electrons. The predicted molar refractivity (Wildman–Crippen MR) is 92.6 cm³/mol. The Labute approximate surface area is 135 Å². The summed E-state index contributed by atoms with van der Waals surface area (Å²) in [5, 5.41) is 7.22. The molecule has 0 aliphatic heterocycles. The summed E-state index contributed by atoms with van der Waals surface area (Å²) in [6, 6.07) is 17.5. The van der Waals surface area contributed by atoms with E-state index in [1.54, 1.807) is 6.07 Å². The fourth-order valence-electron chi connectivity index (χ4n) is 2.39. The van der Waals surface area contributed by atoms with Gasteiger partial charge in [0.25, 0.3) is 5.91 Å². The highest BCUT2D eigenvalue weighted by atomic mass is 16.3. The highest BCUT2D eigenvalue weighted by Crippen LogP contribution is 2.21. The van der Waals surface area contributed by atoms with Gasteiger partial charge in [-0.25, -0.2) is 0 Å². The van der Waals surface area contributed by atoms with E-state index in [0.29, 0.717) is 23.9 Å². The molecule has 1 heterocycles.